The van der Waals surface area contributed by atoms with Crippen LogP contribution in [0.2, 0.25) is 0 Å². The first-order chi connectivity index (χ1) is 19.0. The third kappa shape index (κ3) is 5.09. The molecule has 2 aliphatic rings. The fraction of sp³-hybridized carbons (Fsp3) is 0.280. The lowest BCUT2D eigenvalue weighted by Crippen LogP contribution is -2.42. The lowest BCUT2D eigenvalue weighted by Gasteiger charge is -2.36. The highest BCUT2D eigenvalue weighted by Crippen LogP contribution is 2.54. The van der Waals surface area contributed by atoms with Crippen LogP contribution < -0.4 is 20.2 Å². The zero-order valence-electron chi connectivity index (χ0n) is 21.3. The molecule has 1 aromatic heterocycles. The molecule has 2 aromatic carbocycles. The number of aromatic nitrogens is 1. The second-order valence-corrected chi connectivity index (χ2v) is 13.7. The molecule has 41 heavy (non-hydrogen) atoms. The average molecular weight is 627 g/mol. The van der Waals surface area contributed by atoms with Crippen LogP contribution in [0.1, 0.15) is 24.3 Å². The van der Waals surface area contributed by atoms with Crippen molar-refractivity contribution in [3.05, 3.63) is 68.6 Å². The van der Waals surface area contributed by atoms with Gasteiger partial charge < -0.3 is 5.32 Å². The minimum atomic E-state index is -4.67. The molecule has 3 N–H and O–H groups in total. The van der Waals surface area contributed by atoms with Crippen LogP contribution in [0.5, 0.6) is 0 Å². The van der Waals surface area contributed by atoms with E-state index >= 15 is 0 Å². The van der Waals surface area contributed by atoms with Crippen LogP contribution in [0.25, 0.3) is 0 Å². The van der Waals surface area contributed by atoms with Crippen LogP contribution in [0.3, 0.4) is 0 Å². The molecule has 216 valence electrons. The summed E-state index contributed by atoms with van der Waals surface area (Å²) in [6, 6.07) is 9.04. The highest BCUT2D eigenvalue weighted by atomic mass is 32.2. The Labute approximate surface area is 239 Å². The third-order valence-electron chi connectivity index (χ3n) is 6.90. The summed E-state index contributed by atoms with van der Waals surface area (Å²) in [4.78, 5) is 53.4. The Bertz CT molecular complexity index is 1760. The van der Waals surface area contributed by atoms with Crippen molar-refractivity contribution in [3.8, 4) is 0 Å². The smallest absolute Gasteiger partial charge is 0.325 e. The van der Waals surface area contributed by atoms with E-state index in [0.717, 1.165) is 46.2 Å². The van der Waals surface area contributed by atoms with E-state index in [9.17, 15) is 40.8 Å². The number of sulfonamides is 1. The lowest BCUT2D eigenvalue weighted by atomic mass is 9.76. The van der Waals surface area contributed by atoms with Gasteiger partial charge in [0.2, 0.25) is 27.7 Å². The van der Waals surface area contributed by atoms with E-state index in [4.69, 9.17) is 5.14 Å². The van der Waals surface area contributed by atoms with Crippen LogP contribution in [-0.2, 0) is 42.5 Å². The normalized spacial score (nSPS) is 20.1. The summed E-state index contributed by atoms with van der Waals surface area (Å²) in [6.45, 7) is 2.91. The van der Waals surface area contributed by atoms with Gasteiger partial charge in [-0.15, -0.1) is 0 Å². The number of fused-ring (bicyclic) bond motifs is 2. The minimum absolute atomic E-state index is 0.151. The van der Waals surface area contributed by atoms with Gasteiger partial charge in [0.25, 0.3) is 0 Å². The molecule has 3 heterocycles. The summed E-state index contributed by atoms with van der Waals surface area (Å²) < 4.78 is 64.0. The maximum absolute atomic E-state index is 13.5. The number of carbonyl (C=O) groups is 3. The van der Waals surface area contributed by atoms with Gasteiger partial charge in [-0.2, -0.15) is 13.2 Å². The minimum Gasteiger partial charge on any atom is -0.325 e. The highest BCUT2D eigenvalue weighted by molar-refractivity contribution is 8.00. The molecule has 10 nitrogen and oxygen atoms in total. The van der Waals surface area contributed by atoms with E-state index in [1.54, 1.807) is 13.8 Å². The monoisotopic (exact) mass is 626 g/mol. The van der Waals surface area contributed by atoms with Crippen molar-refractivity contribution >= 4 is 62.2 Å². The predicted molar refractivity (Wildman–Crippen MR) is 145 cm³/mol. The number of amides is 3. The number of benzene rings is 2. The SMILES string of the molecule is CC1(C)c2sc(=O)n(CC(=O)Nc3ccc(S(N)(=O)=O)cc3)c2S[C@@H]2C(=O)N(c3cccc(C(F)(F)F)c3)C(=O)[C@@H]21. The first-order valence-corrected chi connectivity index (χ1v) is 15.1. The van der Waals surface area contributed by atoms with Crippen LogP contribution in [-0.4, -0.2) is 36.0 Å². The maximum Gasteiger partial charge on any atom is 0.416 e. The van der Waals surface area contributed by atoms with Crippen molar-refractivity contribution in [2.45, 2.75) is 47.2 Å². The summed E-state index contributed by atoms with van der Waals surface area (Å²) in [7, 11) is -3.93. The summed E-state index contributed by atoms with van der Waals surface area (Å²) in [6.07, 6.45) is -4.67. The molecule has 0 bridgehead atoms. The Morgan fingerprint density at radius 3 is 2.34 bits per heavy atom. The quantitative estimate of drug-likeness (QED) is 0.414. The molecule has 1 saturated heterocycles. The van der Waals surface area contributed by atoms with Crippen molar-refractivity contribution in [1.82, 2.24) is 4.57 Å². The zero-order valence-corrected chi connectivity index (χ0v) is 23.7. The molecular formula is C25H21F3N4O6S3. The Balaban J connectivity index is 1.43. The second kappa shape index (κ2) is 9.82. The van der Waals surface area contributed by atoms with E-state index in [-0.39, 0.29) is 16.3 Å². The molecule has 2 atom stereocenters. The van der Waals surface area contributed by atoms with Crippen LogP contribution in [0.4, 0.5) is 24.5 Å². The maximum atomic E-state index is 13.5. The predicted octanol–water partition coefficient (Wildman–Crippen LogP) is 3.16. The number of carbonyl (C=O) groups excluding carboxylic acids is 3. The van der Waals surface area contributed by atoms with Crippen molar-refractivity contribution in [3.63, 3.8) is 0 Å². The highest BCUT2D eigenvalue weighted by Gasteiger charge is 2.59. The van der Waals surface area contributed by atoms with Crippen molar-refractivity contribution < 1.29 is 36.0 Å². The number of alkyl halides is 3. The number of halogens is 3. The number of thioether (sulfide) groups is 1. The molecular weight excluding hydrogens is 605 g/mol. The number of nitrogens with two attached hydrogens (primary N) is 1. The molecule has 1 fully saturated rings. The van der Waals surface area contributed by atoms with Crippen molar-refractivity contribution in [1.29, 1.82) is 0 Å². The fourth-order valence-corrected chi connectivity index (χ4v) is 8.47. The van der Waals surface area contributed by atoms with Gasteiger partial charge in [-0.05, 0) is 42.5 Å². The molecule has 0 spiro atoms. The van der Waals surface area contributed by atoms with Gasteiger partial charge in [-0.25, -0.2) is 18.5 Å². The Morgan fingerprint density at radius 2 is 1.73 bits per heavy atom. The van der Waals surface area contributed by atoms with Gasteiger partial charge in [-0.1, -0.05) is 43.0 Å². The molecule has 2 aliphatic heterocycles. The first-order valence-electron chi connectivity index (χ1n) is 11.9. The van der Waals surface area contributed by atoms with Crippen molar-refractivity contribution in [2.24, 2.45) is 11.1 Å². The van der Waals surface area contributed by atoms with Gasteiger partial charge in [0.15, 0.2) is 0 Å². The number of thiazole rings is 1. The molecule has 5 rings (SSSR count). The average Bonchev–Trinajstić information content (AvgIpc) is 3.32. The molecule has 0 saturated carbocycles. The molecule has 3 amide bonds. The third-order valence-corrected chi connectivity index (χ3v) is 10.7. The largest absolute Gasteiger partial charge is 0.416 e. The Kier molecular flexibility index (Phi) is 6.95. The molecule has 3 aromatic rings. The van der Waals surface area contributed by atoms with Gasteiger partial charge in [-0.3, -0.25) is 23.7 Å². The van der Waals surface area contributed by atoms with E-state index in [0.29, 0.717) is 9.90 Å². The summed E-state index contributed by atoms with van der Waals surface area (Å²) in [5.74, 6) is -2.96. The summed E-state index contributed by atoms with van der Waals surface area (Å²) in [5, 5.41) is 6.92. The molecule has 0 aliphatic carbocycles. The van der Waals surface area contributed by atoms with E-state index in [1.165, 1.54) is 34.9 Å². The lowest BCUT2D eigenvalue weighted by molar-refractivity contribution is -0.137. The van der Waals surface area contributed by atoms with Crippen LogP contribution in [0.15, 0.2) is 63.2 Å². The fourth-order valence-electron chi connectivity index (χ4n) is 4.91. The van der Waals surface area contributed by atoms with Crippen molar-refractivity contribution in [2.75, 3.05) is 10.2 Å². The molecule has 16 heteroatoms. The van der Waals surface area contributed by atoms with E-state index < -0.39 is 67.5 Å². The van der Waals surface area contributed by atoms with Crippen LogP contribution in [0, 0.1) is 5.92 Å². The summed E-state index contributed by atoms with van der Waals surface area (Å²) >= 11 is 1.76. The Hall–Kier alpha value is -3.47. The van der Waals surface area contributed by atoms with Gasteiger partial charge in [0.1, 0.15) is 11.8 Å². The number of hydrogen-bond acceptors (Lipinski definition) is 8. The van der Waals surface area contributed by atoms with Crippen LogP contribution >= 0.6 is 23.1 Å². The topological polar surface area (TPSA) is 149 Å². The molecule has 0 unspecified atom stereocenters. The van der Waals surface area contributed by atoms with E-state index in [2.05, 4.69) is 5.32 Å². The number of primary sulfonamides is 1. The van der Waals surface area contributed by atoms with Gasteiger partial charge >= 0.3 is 11.0 Å². The van der Waals surface area contributed by atoms with E-state index in [1.807, 2.05) is 0 Å². The second-order valence-electron chi connectivity index (χ2n) is 10.0. The number of rotatable bonds is 5. The number of hydrogen-bond donors (Lipinski definition) is 2. The standard InChI is InChI=1S/C25H21F3N4O6S3/c1-24(2)17-18(21(35)32(20(17)34)14-5-3-4-12(10-14)25(26,27)28)39-22-19(24)40-23(36)31(22)11-16(33)30-13-6-8-15(9-7-13)41(29,37)38/h3-10,17-18H,11H2,1-2H3,(H,30,33)(H2,29,37,38)/t17-,18+/m1/s1. The first kappa shape index (κ1) is 29.0. The van der Waals surface area contributed by atoms with Gasteiger partial charge in [0.05, 0.1) is 27.1 Å². The molecule has 0 radical (unpaired) electrons. The number of imide groups is 1. The zero-order chi connectivity index (χ0) is 30.1. The Morgan fingerprint density at radius 1 is 1.07 bits per heavy atom. The summed E-state index contributed by atoms with van der Waals surface area (Å²) in [5.41, 5.74) is -2.01. The number of nitrogens with zero attached hydrogens (tertiary/aromatic N) is 2. The number of nitrogens with one attached hydrogen (secondary N) is 1. The number of anilines is 2. The van der Waals surface area contributed by atoms with Gasteiger partial charge in [0, 0.05) is 16.0 Å².